The van der Waals surface area contributed by atoms with E-state index in [2.05, 4.69) is 23.3 Å². The average molecular weight is 259 g/mol. The van der Waals surface area contributed by atoms with Crippen molar-refractivity contribution in [3.63, 3.8) is 0 Å². The molecule has 1 aromatic carbocycles. The van der Waals surface area contributed by atoms with Gasteiger partial charge in [0.05, 0.1) is 13.7 Å². The van der Waals surface area contributed by atoms with Crippen molar-refractivity contribution >= 4 is 0 Å². The van der Waals surface area contributed by atoms with Gasteiger partial charge in [0.25, 0.3) is 0 Å². The summed E-state index contributed by atoms with van der Waals surface area (Å²) in [6.07, 6.45) is 4.72. The first kappa shape index (κ1) is 13.6. The quantitative estimate of drug-likeness (QED) is 0.864. The van der Waals surface area contributed by atoms with Crippen LogP contribution in [0, 0.1) is 0 Å². The van der Waals surface area contributed by atoms with Crippen LogP contribution in [0.1, 0.15) is 18.3 Å². The fraction of sp³-hybridized carbons (Fsp3) is 0.400. The predicted molar refractivity (Wildman–Crippen MR) is 76.2 cm³/mol. The highest BCUT2D eigenvalue weighted by atomic mass is 16.5. The lowest BCUT2D eigenvalue weighted by molar-refractivity contribution is 0.405. The molecule has 0 saturated heterocycles. The standard InChI is InChI=1S/C15H21N3O/c1-12(17-11-15-16-8-9-18(15)2)10-13-6-4-5-7-14(13)19-3/h4-9,12,17H,10-11H2,1-3H3. The maximum atomic E-state index is 5.37. The lowest BCUT2D eigenvalue weighted by Crippen LogP contribution is -2.28. The molecule has 1 unspecified atom stereocenters. The highest BCUT2D eigenvalue weighted by molar-refractivity contribution is 5.33. The number of methoxy groups -OCH3 is 1. The molecule has 0 aliphatic rings. The van der Waals surface area contributed by atoms with E-state index in [1.54, 1.807) is 7.11 Å². The minimum Gasteiger partial charge on any atom is -0.496 e. The Balaban J connectivity index is 1.90. The zero-order chi connectivity index (χ0) is 13.7. The summed E-state index contributed by atoms with van der Waals surface area (Å²) in [5, 5.41) is 3.49. The monoisotopic (exact) mass is 259 g/mol. The van der Waals surface area contributed by atoms with Crippen LogP contribution >= 0.6 is 0 Å². The third-order valence-corrected chi connectivity index (χ3v) is 3.25. The van der Waals surface area contributed by atoms with Crippen LogP contribution in [0.3, 0.4) is 0 Å². The largest absolute Gasteiger partial charge is 0.496 e. The Morgan fingerprint density at radius 2 is 2.16 bits per heavy atom. The second-order valence-electron chi connectivity index (χ2n) is 4.75. The molecule has 0 saturated carbocycles. The molecule has 1 heterocycles. The first-order chi connectivity index (χ1) is 9.20. The van der Waals surface area contributed by atoms with Crippen LogP contribution in [0.5, 0.6) is 5.75 Å². The van der Waals surface area contributed by atoms with Gasteiger partial charge >= 0.3 is 0 Å². The van der Waals surface area contributed by atoms with Gasteiger partial charge < -0.3 is 14.6 Å². The molecule has 0 aliphatic carbocycles. The Morgan fingerprint density at radius 3 is 2.84 bits per heavy atom. The van der Waals surface area contributed by atoms with Crippen molar-refractivity contribution in [3.8, 4) is 5.75 Å². The van der Waals surface area contributed by atoms with Crippen LogP contribution in [0.4, 0.5) is 0 Å². The van der Waals surface area contributed by atoms with E-state index in [1.165, 1.54) is 5.56 Å². The van der Waals surface area contributed by atoms with Gasteiger partial charge in [-0.2, -0.15) is 0 Å². The van der Waals surface area contributed by atoms with Gasteiger partial charge in [-0.15, -0.1) is 0 Å². The van der Waals surface area contributed by atoms with Crippen molar-refractivity contribution in [2.45, 2.75) is 25.9 Å². The Bertz CT molecular complexity index is 522. The summed E-state index contributed by atoms with van der Waals surface area (Å²) in [5.41, 5.74) is 1.23. The van der Waals surface area contributed by atoms with E-state index in [4.69, 9.17) is 4.74 Å². The molecule has 0 amide bonds. The lowest BCUT2D eigenvalue weighted by atomic mass is 10.1. The SMILES string of the molecule is COc1ccccc1CC(C)NCc1nccn1C. The maximum Gasteiger partial charge on any atom is 0.122 e. The maximum absolute atomic E-state index is 5.37. The van der Waals surface area contributed by atoms with E-state index >= 15 is 0 Å². The smallest absolute Gasteiger partial charge is 0.122 e. The molecule has 0 aliphatic heterocycles. The van der Waals surface area contributed by atoms with Crippen molar-refractivity contribution < 1.29 is 4.74 Å². The number of imidazole rings is 1. The van der Waals surface area contributed by atoms with Crippen molar-refractivity contribution in [2.75, 3.05) is 7.11 Å². The lowest BCUT2D eigenvalue weighted by Gasteiger charge is -2.15. The van der Waals surface area contributed by atoms with Gasteiger partial charge in [0.15, 0.2) is 0 Å². The first-order valence-corrected chi connectivity index (χ1v) is 6.52. The molecule has 102 valence electrons. The van der Waals surface area contributed by atoms with Crippen molar-refractivity contribution in [1.29, 1.82) is 0 Å². The molecule has 0 fully saturated rings. The minimum absolute atomic E-state index is 0.369. The third-order valence-electron chi connectivity index (χ3n) is 3.25. The van der Waals surface area contributed by atoms with Gasteiger partial charge in [-0.3, -0.25) is 0 Å². The minimum atomic E-state index is 0.369. The first-order valence-electron chi connectivity index (χ1n) is 6.52. The second-order valence-corrected chi connectivity index (χ2v) is 4.75. The topological polar surface area (TPSA) is 39.1 Å². The van der Waals surface area contributed by atoms with Crippen LogP contribution < -0.4 is 10.1 Å². The molecule has 0 radical (unpaired) electrons. The molecule has 0 bridgehead atoms. The van der Waals surface area contributed by atoms with Crippen molar-refractivity contribution in [2.24, 2.45) is 7.05 Å². The summed E-state index contributed by atoms with van der Waals surface area (Å²) in [6, 6.07) is 8.52. The number of rotatable bonds is 6. The normalized spacial score (nSPS) is 12.4. The summed E-state index contributed by atoms with van der Waals surface area (Å²) < 4.78 is 7.40. The summed E-state index contributed by atoms with van der Waals surface area (Å²) in [6.45, 7) is 2.95. The van der Waals surface area contributed by atoms with Crippen LogP contribution in [-0.4, -0.2) is 22.7 Å². The molecule has 4 heteroatoms. The zero-order valence-electron chi connectivity index (χ0n) is 11.8. The van der Waals surface area contributed by atoms with E-state index < -0.39 is 0 Å². The number of hydrogen-bond acceptors (Lipinski definition) is 3. The summed E-state index contributed by atoms with van der Waals surface area (Å²) in [5.74, 6) is 2.00. The fourth-order valence-electron chi connectivity index (χ4n) is 2.11. The van der Waals surface area contributed by atoms with Crippen molar-refractivity contribution in [3.05, 3.63) is 48.0 Å². The van der Waals surface area contributed by atoms with Gasteiger partial charge in [0.2, 0.25) is 0 Å². The van der Waals surface area contributed by atoms with E-state index in [1.807, 2.05) is 42.2 Å². The number of aromatic nitrogens is 2. The third kappa shape index (κ3) is 3.58. The number of nitrogens with one attached hydrogen (secondary N) is 1. The number of ether oxygens (including phenoxy) is 1. The second kappa shape index (κ2) is 6.38. The Hall–Kier alpha value is -1.81. The molecule has 1 aromatic heterocycles. The summed E-state index contributed by atoms with van der Waals surface area (Å²) >= 11 is 0. The van der Waals surface area contributed by atoms with Crippen LogP contribution in [0.2, 0.25) is 0 Å². The highest BCUT2D eigenvalue weighted by Crippen LogP contribution is 2.18. The van der Waals surface area contributed by atoms with Gasteiger partial charge in [0.1, 0.15) is 11.6 Å². The summed E-state index contributed by atoms with van der Waals surface area (Å²) in [7, 11) is 3.72. The molecule has 1 atom stereocenters. The van der Waals surface area contributed by atoms with Gasteiger partial charge in [-0.1, -0.05) is 18.2 Å². The molecular formula is C15H21N3O. The zero-order valence-corrected chi connectivity index (χ0v) is 11.8. The molecule has 2 aromatic rings. The molecule has 19 heavy (non-hydrogen) atoms. The van der Waals surface area contributed by atoms with Crippen LogP contribution in [0.25, 0.3) is 0 Å². The Morgan fingerprint density at radius 1 is 1.37 bits per heavy atom. The predicted octanol–water partition coefficient (Wildman–Crippen LogP) is 2.15. The van der Waals surface area contributed by atoms with Crippen molar-refractivity contribution in [1.82, 2.24) is 14.9 Å². The molecule has 1 N–H and O–H groups in total. The Labute approximate surface area is 114 Å². The summed E-state index contributed by atoms with van der Waals surface area (Å²) in [4.78, 5) is 4.30. The van der Waals surface area contributed by atoms with E-state index in [-0.39, 0.29) is 0 Å². The van der Waals surface area contributed by atoms with Gasteiger partial charge in [0, 0.05) is 25.5 Å². The van der Waals surface area contributed by atoms with Gasteiger partial charge in [-0.05, 0) is 25.0 Å². The van der Waals surface area contributed by atoms with Gasteiger partial charge in [-0.25, -0.2) is 4.98 Å². The molecular weight excluding hydrogens is 238 g/mol. The highest BCUT2D eigenvalue weighted by Gasteiger charge is 2.08. The molecule has 4 nitrogen and oxygen atoms in total. The number of benzene rings is 1. The van der Waals surface area contributed by atoms with E-state index in [0.29, 0.717) is 6.04 Å². The number of hydrogen-bond donors (Lipinski definition) is 1. The number of nitrogens with zero attached hydrogens (tertiary/aromatic N) is 2. The number of aryl methyl sites for hydroxylation is 1. The van der Waals surface area contributed by atoms with E-state index in [9.17, 15) is 0 Å². The fourth-order valence-corrected chi connectivity index (χ4v) is 2.11. The van der Waals surface area contributed by atoms with Crippen LogP contribution in [0.15, 0.2) is 36.7 Å². The average Bonchev–Trinajstić information content (AvgIpc) is 2.82. The molecule has 2 rings (SSSR count). The molecule has 0 spiro atoms. The Kier molecular flexibility index (Phi) is 4.58. The van der Waals surface area contributed by atoms with E-state index in [0.717, 1.165) is 24.5 Å². The van der Waals surface area contributed by atoms with Crippen LogP contribution in [-0.2, 0) is 20.0 Å². The number of para-hydroxylation sites is 1.